The summed E-state index contributed by atoms with van der Waals surface area (Å²) in [4.78, 5) is 0. The minimum atomic E-state index is -1.05. The molecule has 0 saturated heterocycles. The van der Waals surface area contributed by atoms with Gasteiger partial charge in [0, 0.05) is 11.1 Å². The Labute approximate surface area is 112 Å². The number of halogens is 4. The molecule has 0 spiro atoms. The largest absolute Gasteiger partial charge is 0.204 e. The predicted octanol–water partition coefficient (Wildman–Crippen LogP) is 3.70. The fraction of sp³-hybridized carbons (Fsp3) is 0. The van der Waals surface area contributed by atoms with Gasteiger partial charge in [-0.25, -0.2) is 17.6 Å². The molecule has 2 nitrogen and oxygen atoms in total. The average Bonchev–Trinajstić information content (AvgIpc) is 2.43. The zero-order valence-corrected chi connectivity index (χ0v) is 10.0. The first kappa shape index (κ1) is 13.9. The van der Waals surface area contributed by atoms with Crippen molar-refractivity contribution in [3.05, 3.63) is 70.8 Å². The monoisotopic (exact) mass is 280 g/mol. The van der Waals surface area contributed by atoms with Gasteiger partial charge in [0.1, 0.15) is 0 Å². The Hall–Kier alpha value is -2.50. The Morgan fingerprint density at radius 2 is 1.05 bits per heavy atom. The van der Waals surface area contributed by atoms with Gasteiger partial charge < -0.3 is 0 Å². The van der Waals surface area contributed by atoms with Gasteiger partial charge in [0.05, 0.1) is 12.4 Å². The van der Waals surface area contributed by atoms with Crippen molar-refractivity contribution >= 4 is 12.4 Å². The lowest BCUT2D eigenvalue weighted by molar-refractivity contribution is 0.507. The fourth-order valence-corrected chi connectivity index (χ4v) is 1.43. The summed E-state index contributed by atoms with van der Waals surface area (Å²) in [6, 6.07) is 7.18. The molecule has 0 aromatic heterocycles. The Balaban J connectivity index is 2.15. The number of hydrogen-bond acceptors (Lipinski definition) is 2. The molecule has 0 aliphatic rings. The molecule has 0 amide bonds. The van der Waals surface area contributed by atoms with E-state index in [9.17, 15) is 17.6 Å². The number of nitrogens with zero attached hydrogens (tertiary/aromatic N) is 2. The average molecular weight is 280 g/mol. The highest BCUT2D eigenvalue weighted by Gasteiger charge is 2.05. The number of rotatable bonds is 3. The van der Waals surface area contributed by atoms with Crippen LogP contribution < -0.4 is 0 Å². The van der Waals surface area contributed by atoms with E-state index in [1.165, 1.54) is 24.3 Å². The van der Waals surface area contributed by atoms with Crippen LogP contribution in [0.15, 0.2) is 46.6 Å². The highest BCUT2D eigenvalue weighted by atomic mass is 19.2. The van der Waals surface area contributed by atoms with Crippen molar-refractivity contribution in [2.24, 2.45) is 10.2 Å². The topological polar surface area (TPSA) is 24.7 Å². The van der Waals surface area contributed by atoms with E-state index in [-0.39, 0.29) is 11.1 Å². The van der Waals surface area contributed by atoms with Crippen LogP contribution in [-0.2, 0) is 0 Å². The first-order chi connectivity index (χ1) is 9.59. The Morgan fingerprint density at radius 1 is 0.650 bits per heavy atom. The molecule has 0 bridgehead atoms. The third-order valence-corrected chi connectivity index (χ3v) is 2.42. The summed E-state index contributed by atoms with van der Waals surface area (Å²) in [6.45, 7) is 0. The second-order valence-corrected chi connectivity index (χ2v) is 3.78. The number of hydrogen-bond donors (Lipinski definition) is 0. The van der Waals surface area contributed by atoms with Crippen LogP contribution >= 0.6 is 0 Å². The smallest absolute Gasteiger partial charge is 0.167 e. The molecule has 2 aromatic carbocycles. The summed E-state index contributed by atoms with van der Waals surface area (Å²) < 4.78 is 52.3. The van der Waals surface area contributed by atoms with E-state index in [1.807, 2.05) is 0 Å². The molecule has 0 aliphatic heterocycles. The molecule has 0 heterocycles. The predicted molar refractivity (Wildman–Crippen MR) is 67.9 cm³/mol. The molecule has 0 fully saturated rings. The SMILES string of the molecule is Fc1cccc(/C=N/N=C/c2cccc(F)c2F)c1F. The van der Waals surface area contributed by atoms with Crippen molar-refractivity contribution in [1.29, 1.82) is 0 Å². The molecule has 0 atom stereocenters. The molecule has 20 heavy (non-hydrogen) atoms. The fourth-order valence-electron chi connectivity index (χ4n) is 1.43. The lowest BCUT2D eigenvalue weighted by Crippen LogP contribution is -1.93. The second kappa shape index (κ2) is 6.10. The van der Waals surface area contributed by atoms with Crippen LogP contribution in [0.5, 0.6) is 0 Å². The third-order valence-electron chi connectivity index (χ3n) is 2.42. The van der Waals surface area contributed by atoms with Crippen LogP contribution in [0.2, 0.25) is 0 Å². The lowest BCUT2D eigenvalue weighted by atomic mass is 10.2. The van der Waals surface area contributed by atoms with E-state index < -0.39 is 23.3 Å². The Bertz CT molecular complexity index is 621. The molecule has 102 valence electrons. The van der Waals surface area contributed by atoms with Gasteiger partial charge in [-0.3, -0.25) is 0 Å². The van der Waals surface area contributed by atoms with E-state index in [2.05, 4.69) is 10.2 Å². The maximum absolute atomic E-state index is 13.2. The van der Waals surface area contributed by atoms with Crippen molar-refractivity contribution in [3.8, 4) is 0 Å². The maximum atomic E-state index is 13.2. The third kappa shape index (κ3) is 3.09. The van der Waals surface area contributed by atoms with E-state index >= 15 is 0 Å². The van der Waals surface area contributed by atoms with Crippen LogP contribution in [0.3, 0.4) is 0 Å². The quantitative estimate of drug-likeness (QED) is 0.465. The van der Waals surface area contributed by atoms with Crippen LogP contribution in [0, 0.1) is 23.3 Å². The standard InChI is InChI=1S/C14H8F4N2/c15-11-5-1-3-9(13(11)17)7-19-20-8-10-4-2-6-12(16)14(10)18/h1-8H/b19-7+,20-8+. The van der Waals surface area contributed by atoms with Gasteiger partial charge in [0.2, 0.25) is 0 Å². The van der Waals surface area contributed by atoms with E-state index in [4.69, 9.17) is 0 Å². The Kier molecular flexibility index (Phi) is 4.24. The summed E-state index contributed by atoms with van der Waals surface area (Å²) in [7, 11) is 0. The summed E-state index contributed by atoms with van der Waals surface area (Å²) in [5.74, 6) is -4.12. The minimum Gasteiger partial charge on any atom is -0.204 e. The molecule has 0 unspecified atom stereocenters. The highest BCUT2D eigenvalue weighted by molar-refractivity contribution is 5.83. The van der Waals surface area contributed by atoms with Crippen molar-refractivity contribution in [3.63, 3.8) is 0 Å². The second-order valence-electron chi connectivity index (χ2n) is 3.78. The summed E-state index contributed by atoms with van der Waals surface area (Å²) in [5.41, 5.74) is -0.191. The highest BCUT2D eigenvalue weighted by Crippen LogP contribution is 2.10. The summed E-state index contributed by atoms with van der Waals surface area (Å²) >= 11 is 0. The van der Waals surface area contributed by atoms with Crippen LogP contribution in [-0.4, -0.2) is 12.4 Å². The molecule has 2 rings (SSSR count). The molecule has 6 heteroatoms. The summed E-state index contributed by atoms with van der Waals surface area (Å²) in [5, 5.41) is 6.92. The van der Waals surface area contributed by atoms with E-state index in [0.717, 1.165) is 24.6 Å². The van der Waals surface area contributed by atoms with Gasteiger partial charge in [0.25, 0.3) is 0 Å². The molecular formula is C14H8F4N2. The van der Waals surface area contributed by atoms with Crippen LogP contribution in [0.4, 0.5) is 17.6 Å². The van der Waals surface area contributed by atoms with Crippen LogP contribution in [0.25, 0.3) is 0 Å². The lowest BCUT2D eigenvalue weighted by Gasteiger charge is -1.96. The van der Waals surface area contributed by atoms with Crippen molar-refractivity contribution in [2.45, 2.75) is 0 Å². The zero-order chi connectivity index (χ0) is 14.5. The first-order valence-corrected chi connectivity index (χ1v) is 5.54. The van der Waals surface area contributed by atoms with Crippen LogP contribution in [0.1, 0.15) is 11.1 Å². The van der Waals surface area contributed by atoms with Gasteiger partial charge in [0.15, 0.2) is 23.3 Å². The zero-order valence-electron chi connectivity index (χ0n) is 10.0. The van der Waals surface area contributed by atoms with Gasteiger partial charge >= 0.3 is 0 Å². The Morgan fingerprint density at radius 3 is 1.45 bits per heavy atom. The molecule has 0 saturated carbocycles. The first-order valence-electron chi connectivity index (χ1n) is 5.54. The number of benzene rings is 2. The van der Waals surface area contributed by atoms with E-state index in [0.29, 0.717) is 0 Å². The van der Waals surface area contributed by atoms with E-state index in [1.54, 1.807) is 0 Å². The van der Waals surface area contributed by atoms with Crippen molar-refractivity contribution in [1.82, 2.24) is 0 Å². The minimum absolute atomic E-state index is 0.0955. The maximum Gasteiger partial charge on any atom is 0.167 e. The van der Waals surface area contributed by atoms with Gasteiger partial charge in [-0.15, -0.1) is 0 Å². The van der Waals surface area contributed by atoms with Crippen molar-refractivity contribution < 1.29 is 17.6 Å². The van der Waals surface area contributed by atoms with Crippen molar-refractivity contribution in [2.75, 3.05) is 0 Å². The normalized spacial score (nSPS) is 11.6. The molecular weight excluding hydrogens is 272 g/mol. The summed E-state index contributed by atoms with van der Waals surface area (Å²) in [6.07, 6.45) is 1.96. The molecule has 0 radical (unpaired) electrons. The van der Waals surface area contributed by atoms with Gasteiger partial charge in [-0.2, -0.15) is 10.2 Å². The van der Waals surface area contributed by atoms with Gasteiger partial charge in [-0.05, 0) is 12.1 Å². The molecule has 0 aliphatic carbocycles. The van der Waals surface area contributed by atoms with Gasteiger partial charge in [-0.1, -0.05) is 24.3 Å². The molecule has 0 N–H and O–H groups in total. The molecule has 2 aromatic rings.